The monoisotopic (exact) mass is 277 g/mol. The molecule has 1 saturated carbocycles. The molecule has 82 valence electrons. The van der Waals surface area contributed by atoms with Crippen LogP contribution in [0.2, 0.25) is 0 Å². The number of aryl methyl sites for hydroxylation is 1. The molecule has 0 aliphatic heterocycles. The lowest BCUT2D eigenvalue weighted by atomic mass is 10.1. The molecule has 1 aromatic carbocycles. The predicted molar refractivity (Wildman–Crippen MR) is 66.2 cm³/mol. The first kappa shape index (κ1) is 10.0. The molecule has 16 heavy (non-hydrogen) atoms. The van der Waals surface area contributed by atoms with Crippen LogP contribution < -0.4 is 0 Å². The molecule has 0 bridgehead atoms. The Morgan fingerprint density at radius 3 is 2.88 bits per heavy atom. The molecule has 4 heteroatoms. The van der Waals surface area contributed by atoms with Crippen molar-refractivity contribution < 1.29 is 0 Å². The summed E-state index contributed by atoms with van der Waals surface area (Å²) in [6.07, 6.45) is 4.34. The van der Waals surface area contributed by atoms with E-state index in [1.165, 1.54) is 24.0 Å². The number of hydrogen-bond acceptors (Lipinski definition) is 2. The Balaban J connectivity index is 2.10. The van der Waals surface area contributed by atoms with Crippen molar-refractivity contribution in [3.8, 4) is 11.4 Å². The number of benzene rings is 1. The number of halogens is 1. The van der Waals surface area contributed by atoms with E-state index in [1.54, 1.807) is 0 Å². The molecule has 1 aliphatic rings. The first-order valence-electron chi connectivity index (χ1n) is 5.42. The van der Waals surface area contributed by atoms with Gasteiger partial charge in [-0.05, 0) is 43.5 Å². The molecule has 1 heterocycles. The molecule has 1 aromatic heterocycles. The fourth-order valence-electron chi connectivity index (χ4n) is 1.93. The summed E-state index contributed by atoms with van der Waals surface area (Å²) in [5.41, 5.74) is 2.40. The zero-order chi connectivity index (χ0) is 11.1. The van der Waals surface area contributed by atoms with E-state index in [1.807, 2.05) is 12.4 Å². The molecule has 0 radical (unpaired) electrons. The molecule has 1 aliphatic carbocycles. The van der Waals surface area contributed by atoms with Crippen LogP contribution in [-0.2, 0) is 0 Å². The summed E-state index contributed by atoms with van der Waals surface area (Å²) in [6, 6.07) is 6.88. The minimum absolute atomic E-state index is 0.619. The number of nitrogens with zero attached hydrogens (tertiary/aromatic N) is 3. The first-order valence-corrected chi connectivity index (χ1v) is 6.21. The van der Waals surface area contributed by atoms with Gasteiger partial charge in [-0.2, -0.15) is 0 Å². The van der Waals surface area contributed by atoms with Crippen LogP contribution in [-0.4, -0.2) is 14.8 Å². The maximum Gasteiger partial charge on any atom is 0.164 e. The van der Waals surface area contributed by atoms with Gasteiger partial charge in [0.1, 0.15) is 6.33 Å². The molecule has 0 unspecified atom stereocenters. The summed E-state index contributed by atoms with van der Waals surface area (Å²) < 4.78 is 3.29. The minimum atomic E-state index is 0.619. The minimum Gasteiger partial charge on any atom is -0.310 e. The van der Waals surface area contributed by atoms with Crippen LogP contribution in [0.5, 0.6) is 0 Å². The van der Waals surface area contributed by atoms with Crippen LogP contribution >= 0.6 is 15.9 Å². The highest BCUT2D eigenvalue weighted by atomic mass is 79.9. The Hall–Kier alpha value is -1.16. The SMILES string of the molecule is Cc1cc(Br)ccc1-c1nncn1C1CC1. The average molecular weight is 278 g/mol. The summed E-state index contributed by atoms with van der Waals surface area (Å²) >= 11 is 3.48. The van der Waals surface area contributed by atoms with Gasteiger partial charge in [0.25, 0.3) is 0 Å². The molecule has 2 aromatic rings. The Morgan fingerprint density at radius 1 is 1.38 bits per heavy atom. The Morgan fingerprint density at radius 2 is 2.19 bits per heavy atom. The molecule has 0 atom stereocenters. The van der Waals surface area contributed by atoms with Crippen molar-refractivity contribution >= 4 is 15.9 Å². The number of rotatable bonds is 2. The van der Waals surface area contributed by atoms with Gasteiger partial charge in [0.15, 0.2) is 5.82 Å². The van der Waals surface area contributed by atoms with Gasteiger partial charge in [0, 0.05) is 16.1 Å². The van der Waals surface area contributed by atoms with E-state index in [-0.39, 0.29) is 0 Å². The van der Waals surface area contributed by atoms with Crippen LogP contribution in [0.4, 0.5) is 0 Å². The van der Waals surface area contributed by atoms with Gasteiger partial charge >= 0.3 is 0 Å². The summed E-state index contributed by atoms with van der Waals surface area (Å²) in [6.45, 7) is 2.10. The van der Waals surface area contributed by atoms with Crippen molar-refractivity contribution in [2.75, 3.05) is 0 Å². The Labute approximate surface area is 103 Å². The van der Waals surface area contributed by atoms with Crippen molar-refractivity contribution in [2.45, 2.75) is 25.8 Å². The average Bonchev–Trinajstić information content (AvgIpc) is 2.98. The fourth-order valence-corrected chi connectivity index (χ4v) is 2.41. The van der Waals surface area contributed by atoms with E-state index in [2.05, 4.69) is 49.8 Å². The molecular weight excluding hydrogens is 266 g/mol. The lowest BCUT2D eigenvalue weighted by Crippen LogP contribution is -1.97. The largest absolute Gasteiger partial charge is 0.310 e. The number of hydrogen-bond donors (Lipinski definition) is 0. The first-order chi connectivity index (χ1) is 7.75. The van der Waals surface area contributed by atoms with Crippen LogP contribution in [0.3, 0.4) is 0 Å². The maximum absolute atomic E-state index is 4.24. The van der Waals surface area contributed by atoms with E-state index in [9.17, 15) is 0 Å². The second-order valence-corrected chi connectivity index (χ2v) is 5.17. The summed E-state index contributed by atoms with van der Waals surface area (Å²) in [4.78, 5) is 0. The van der Waals surface area contributed by atoms with Crippen LogP contribution in [0.15, 0.2) is 29.0 Å². The second kappa shape index (κ2) is 3.70. The standard InChI is InChI=1S/C12H12BrN3/c1-8-6-9(13)2-5-11(8)12-15-14-7-16(12)10-3-4-10/h2,5-7,10H,3-4H2,1H3. The van der Waals surface area contributed by atoms with E-state index < -0.39 is 0 Å². The molecule has 1 fully saturated rings. The van der Waals surface area contributed by atoms with Gasteiger partial charge in [-0.25, -0.2) is 0 Å². The molecule has 3 rings (SSSR count). The topological polar surface area (TPSA) is 30.7 Å². The molecule has 0 spiro atoms. The van der Waals surface area contributed by atoms with Crippen molar-refractivity contribution in [1.29, 1.82) is 0 Å². The highest BCUT2D eigenvalue weighted by Gasteiger charge is 2.26. The highest BCUT2D eigenvalue weighted by Crippen LogP contribution is 2.38. The molecule has 0 N–H and O–H groups in total. The maximum atomic E-state index is 4.24. The van der Waals surface area contributed by atoms with E-state index in [0.717, 1.165) is 10.3 Å². The second-order valence-electron chi connectivity index (χ2n) is 4.25. The molecule has 3 nitrogen and oxygen atoms in total. The van der Waals surface area contributed by atoms with Crippen molar-refractivity contribution in [1.82, 2.24) is 14.8 Å². The third-order valence-corrected chi connectivity index (χ3v) is 3.44. The van der Waals surface area contributed by atoms with Crippen LogP contribution in [0, 0.1) is 6.92 Å². The smallest absolute Gasteiger partial charge is 0.164 e. The van der Waals surface area contributed by atoms with Crippen molar-refractivity contribution in [3.05, 3.63) is 34.6 Å². The zero-order valence-electron chi connectivity index (χ0n) is 9.02. The van der Waals surface area contributed by atoms with Crippen molar-refractivity contribution in [3.63, 3.8) is 0 Å². The third-order valence-electron chi connectivity index (χ3n) is 2.94. The molecule has 0 amide bonds. The van der Waals surface area contributed by atoms with Crippen molar-refractivity contribution in [2.24, 2.45) is 0 Å². The number of aromatic nitrogens is 3. The third kappa shape index (κ3) is 1.67. The zero-order valence-corrected chi connectivity index (χ0v) is 10.6. The van der Waals surface area contributed by atoms with E-state index >= 15 is 0 Å². The van der Waals surface area contributed by atoms with Gasteiger partial charge in [-0.15, -0.1) is 10.2 Å². The van der Waals surface area contributed by atoms with Gasteiger partial charge in [-0.3, -0.25) is 0 Å². The normalized spacial score (nSPS) is 15.4. The van der Waals surface area contributed by atoms with Gasteiger partial charge in [0.2, 0.25) is 0 Å². The van der Waals surface area contributed by atoms with E-state index in [4.69, 9.17) is 0 Å². The Bertz CT molecular complexity index is 529. The van der Waals surface area contributed by atoms with Gasteiger partial charge < -0.3 is 4.57 Å². The fraction of sp³-hybridized carbons (Fsp3) is 0.333. The lowest BCUT2D eigenvalue weighted by Gasteiger charge is -2.07. The highest BCUT2D eigenvalue weighted by molar-refractivity contribution is 9.10. The molecular formula is C12H12BrN3. The van der Waals surface area contributed by atoms with E-state index in [0.29, 0.717) is 6.04 Å². The Kier molecular flexibility index (Phi) is 2.32. The van der Waals surface area contributed by atoms with Crippen LogP contribution in [0.1, 0.15) is 24.4 Å². The molecule has 0 saturated heterocycles. The van der Waals surface area contributed by atoms with Crippen LogP contribution in [0.25, 0.3) is 11.4 Å². The summed E-state index contributed by atoms with van der Waals surface area (Å²) in [5, 5.41) is 8.26. The lowest BCUT2D eigenvalue weighted by molar-refractivity contribution is 0.745. The van der Waals surface area contributed by atoms with Gasteiger partial charge in [-0.1, -0.05) is 15.9 Å². The van der Waals surface area contributed by atoms with Gasteiger partial charge in [0.05, 0.1) is 0 Å². The summed E-state index contributed by atoms with van der Waals surface area (Å²) in [5.74, 6) is 0.993. The predicted octanol–water partition coefficient (Wildman–Crippen LogP) is 3.35. The quantitative estimate of drug-likeness (QED) is 0.843. The summed E-state index contributed by atoms with van der Waals surface area (Å²) in [7, 11) is 0.